The molecule has 1 amide bonds. The fourth-order valence-corrected chi connectivity index (χ4v) is 4.04. The fraction of sp³-hybridized carbons (Fsp3) is 0.478. The molecule has 0 N–H and O–H groups in total. The minimum Gasteiger partial charge on any atom is -0.480 e. The summed E-state index contributed by atoms with van der Waals surface area (Å²) >= 11 is 0. The molecule has 0 aliphatic carbocycles. The molecule has 1 aromatic carbocycles. The van der Waals surface area contributed by atoms with Gasteiger partial charge in [-0.1, -0.05) is 12.1 Å². The van der Waals surface area contributed by atoms with E-state index in [0.29, 0.717) is 23.9 Å². The van der Waals surface area contributed by atoms with Crippen LogP contribution in [0.1, 0.15) is 35.7 Å². The van der Waals surface area contributed by atoms with Gasteiger partial charge >= 0.3 is 0 Å². The molecular formula is C23H30FN3O2. The number of carbonyl (C=O) groups is 1. The smallest absolute Gasteiger partial charge is 0.259 e. The molecule has 1 saturated heterocycles. The second kappa shape index (κ2) is 10.3. The third kappa shape index (κ3) is 5.76. The Hall–Kier alpha value is -2.47. The van der Waals surface area contributed by atoms with E-state index in [2.05, 4.69) is 9.88 Å². The van der Waals surface area contributed by atoms with Crippen molar-refractivity contribution in [3.63, 3.8) is 0 Å². The van der Waals surface area contributed by atoms with E-state index in [1.807, 2.05) is 17.9 Å². The van der Waals surface area contributed by atoms with Gasteiger partial charge in [-0.25, -0.2) is 9.37 Å². The molecule has 5 nitrogen and oxygen atoms in total. The number of pyridine rings is 1. The molecule has 0 bridgehead atoms. The van der Waals surface area contributed by atoms with E-state index in [1.165, 1.54) is 13.2 Å². The lowest BCUT2D eigenvalue weighted by atomic mass is 9.96. The van der Waals surface area contributed by atoms with Gasteiger partial charge in [0, 0.05) is 32.4 Å². The minimum absolute atomic E-state index is 0.0330. The Morgan fingerprint density at radius 1 is 1.34 bits per heavy atom. The van der Waals surface area contributed by atoms with Crippen LogP contribution in [-0.4, -0.2) is 60.5 Å². The minimum atomic E-state index is -0.179. The number of amides is 1. The molecule has 3 rings (SSSR count). The number of piperidine rings is 1. The van der Waals surface area contributed by atoms with Crippen LogP contribution in [0.4, 0.5) is 4.39 Å². The standard InChI is InChI=1S/C23H30FN3O2/c1-3-27(23(28)21-10-5-12-25-22(21)29-2)17-19-8-6-13-26(16-19)14-11-18-7-4-9-20(24)15-18/h4-5,7,9-10,12,15,19H,3,6,8,11,13-14,16-17H2,1-2H3/t19-/m1/s1. The van der Waals surface area contributed by atoms with E-state index in [-0.39, 0.29) is 11.7 Å². The summed E-state index contributed by atoms with van der Waals surface area (Å²) in [7, 11) is 1.53. The number of hydrogen-bond acceptors (Lipinski definition) is 4. The molecule has 2 heterocycles. The van der Waals surface area contributed by atoms with Crippen LogP contribution in [0.5, 0.6) is 5.88 Å². The SMILES string of the molecule is CCN(C[C@@H]1CCCN(CCc2cccc(F)c2)C1)C(=O)c1cccnc1OC. The highest BCUT2D eigenvalue weighted by molar-refractivity contribution is 5.96. The first-order valence-corrected chi connectivity index (χ1v) is 10.4. The number of nitrogens with zero attached hydrogens (tertiary/aromatic N) is 3. The Bertz CT molecular complexity index is 814. The van der Waals surface area contributed by atoms with Crippen molar-refractivity contribution in [2.45, 2.75) is 26.2 Å². The normalized spacial score (nSPS) is 17.1. The maximum absolute atomic E-state index is 13.4. The van der Waals surface area contributed by atoms with Gasteiger partial charge in [0.05, 0.1) is 7.11 Å². The van der Waals surface area contributed by atoms with Crippen LogP contribution in [0, 0.1) is 11.7 Å². The summed E-state index contributed by atoms with van der Waals surface area (Å²) in [6.45, 7) is 6.31. The van der Waals surface area contributed by atoms with Crippen molar-refractivity contribution in [1.29, 1.82) is 0 Å². The molecule has 0 saturated carbocycles. The van der Waals surface area contributed by atoms with Crippen LogP contribution in [0.3, 0.4) is 0 Å². The van der Waals surface area contributed by atoms with Gasteiger partial charge in [-0.2, -0.15) is 0 Å². The first-order valence-electron chi connectivity index (χ1n) is 10.4. The Kier molecular flexibility index (Phi) is 7.58. The maximum atomic E-state index is 13.4. The summed E-state index contributed by atoms with van der Waals surface area (Å²) in [5.41, 5.74) is 1.54. The van der Waals surface area contributed by atoms with Gasteiger partial charge in [-0.15, -0.1) is 0 Å². The van der Waals surface area contributed by atoms with Crippen LogP contribution in [0.25, 0.3) is 0 Å². The predicted molar refractivity (Wildman–Crippen MR) is 112 cm³/mol. The lowest BCUT2D eigenvalue weighted by Gasteiger charge is -2.35. The number of aromatic nitrogens is 1. The molecule has 1 fully saturated rings. The summed E-state index contributed by atoms with van der Waals surface area (Å²) in [5, 5.41) is 0. The van der Waals surface area contributed by atoms with Crippen LogP contribution < -0.4 is 4.74 Å². The highest BCUT2D eigenvalue weighted by atomic mass is 19.1. The number of halogens is 1. The number of hydrogen-bond donors (Lipinski definition) is 0. The van der Waals surface area contributed by atoms with Crippen LogP contribution >= 0.6 is 0 Å². The fourth-order valence-electron chi connectivity index (χ4n) is 4.04. The van der Waals surface area contributed by atoms with Crippen molar-refractivity contribution in [2.24, 2.45) is 5.92 Å². The molecular weight excluding hydrogens is 369 g/mol. The second-order valence-electron chi connectivity index (χ2n) is 7.59. The first-order chi connectivity index (χ1) is 14.1. The average Bonchev–Trinajstić information content (AvgIpc) is 2.76. The van der Waals surface area contributed by atoms with Gasteiger partial charge in [0.1, 0.15) is 11.4 Å². The number of carbonyl (C=O) groups excluding carboxylic acids is 1. The molecule has 0 spiro atoms. The summed E-state index contributed by atoms with van der Waals surface area (Å²) in [4.78, 5) is 21.5. The lowest BCUT2D eigenvalue weighted by Crippen LogP contribution is -2.43. The van der Waals surface area contributed by atoms with Crippen molar-refractivity contribution in [1.82, 2.24) is 14.8 Å². The summed E-state index contributed by atoms with van der Waals surface area (Å²) < 4.78 is 18.6. The maximum Gasteiger partial charge on any atom is 0.259 e. The molecule has 1 aliphatic heterocycles. The molecule has 6 heteroatoms. The van der Waals surface area contributed by atoms with Crippen LogP contribution in [0.2, 0.25) is 0 Å². The van der Waals surface area contributed by atoms with Gasteiger partial charge < -0.3 is 14.5 Å². The Morgan fingerprint density at radius 3 is 2.97 bits per heavy atom. The number of likely N-dealkylation sites (tertiary alicyclic amines) is 1. The predicted octanol–water partition coefficient (Wildman–Crippen LogP) is 3.65. The van der Waals surface area contributed by atoms with Crippen molar-refractivity contribution >= 4 is 5.91 Å². The summed E-state index contributed by atoms with van der Waals surface area (Å²) in [5.74, 6) is 0.593. The Balaban J connectivity index is 1.57. The van der Waals surface area contributed by atoms with E-state index < -0.39 is 0 Å². The average molecular weight is 400 g/mol. The first kappa shape index (κ1) is 21.2. The van der Waals surface area contributed by atoms with Crippen LogP contribution in [0.15, 0.2) is 42.6 Å². The molecule has 0 unspecified atom stereocenters. The van der Waals surface area contributed by atoms with Gasteiger partial charge in [0.15, 0.2) is 0 Å². The third-order valence-corrected chi connectivity index (χ3v) is 5.55. The lowest BCUT2D eigenvalue weighted by molar-refractivity contribution is 0.0686. The van der Waals surface area contributed by atoms with Gasteiger partial charge in [0.25, 0.3) is 5.91 Å². The topological polar surface area (TPSA) is 45.7 Å². The molecule has 2 aromatic rings. The molecule has 29 heavy (non-hydrogen) atoms. The van der Waals surface area contributed by atoms with E-state index in [1.54, 1.807) is 30.5 Å². The zero-order chi connectivity index (χ0) is 20.6. The number of methoxy groups -OCH3 is 1. The van der Waals surface area contributed by atoms with Gasteiger partial charge in [-0.3, -0.25) is 4.79 Å². The monoisotopic (exact) mass is 399 g/mol. The molecule has 1 atom stereocenters. The molecule has 1 aliphatic rings. The van der Waals surface area contributed by atoms with Crippen molar-refractivity contribution in [3.05, 3.63) is 59.5 Å². The molecule has 156 valence electrons. The second-order valence-corrected chi connectivity index (χ2v) is 7.59. The van der Waals surface area contributed by atoms with Crippen molar-refractivity contribution in [2.75, 3.05) is 39.8 Å². The van der Waals surface area contributed by atoms with Crippen molar-refractivity contribution < 1.29 is 13.9 Å². The van der Waals surface area contributed by atoms with E-state index in [4.69, 9.17) is 4.74 Å². The quantitative estimate of drug-likeness (QED) is 0.680. The largest absolute Gasteiger partial charge is 0.480 e. The van der Waals surface area contributed by atoms with Crippen molar-refractivity contribution in [3.8, 4) is 5.88 Å². The molecule has 0 radical (unpaired) electrons. The molecule has 1 aromatic heterocycles. The van der Waals surface area contributed by atoms with E-state index >= 15 is 0 Å². The number of rotatable bonds is 8. The van der Waals surface area contributed by atoms with Crippen LogP contribution in [-0.2, 0) is 6.42 Å². The van der Waals surface area contributed by atoms with E-state index in [9.17, 15) is 9.18 Å². The summed E-state index contributed by atoms with van der Waals surface area (Å²) in [6, 6.07) is 10.4. The van der Waals surface area contributed by atoms with E-state index in [0.717, 1.165) is 51.0 Å². The van der Waals surface area contributed by atoms with Gasteiger partial charge in [-0.05, 0) is 68.5 Å². The number of ether oxygens (including phenoxy) is 1. The highest BCUT2D eigenvalue weighted by Crippen LogP contribution is 2.21. The Morgan fingerprint density at radius 2 is 2.21 bits per heavy atom. The zero-order valence-electron chi connectivity index (χ0n) is 17.3. The number of benzene rings is 1. The third-order valence-electron chi connectivity index (χ3n) is 5.55. The van der Waals surface area contributed by atoms with Gasteiger partial charge in [0.2, 0.25) is 5.88 Å². The zero-order valence-corrected chi connectivity index (χ0v) is 17.3. The Labute approximate surface area is 172 Å². The summed E-state index contributed by atoms with van der Waals surface area (Å²) in [6.07, 6.45) is 4.71. The highest BCUT2D eigenvalue weighted by Gasteiger charge is 2.25.